The highest BCUT2D eigenvalue weighted by Crippen LogP contribution is 2.66. The first kappa shape index (κ1) is 16.6. The maximum absolute atomic E-state index is 10.1. The molecular formula is C21H33NO2. The molecule has 3 saturated carbocycles. The van der Waals surface area contributed by atoms with Gasteiger partial charge in [-0.25, -0.2) is 0 Å². The van der Waals surface area contributed by atoms with Crippen LogP contribution >= 0.6 is 0 Å². The van der Waals surface area contributed by atoms with Crippen molar-refractivity contribution in [3.8, 4) is 0 Å². The highest BCUT2D eigenvalue weighted by atomic mass is 16.4. The summed E-state index contributed by atoms with van der Waals surface area (Å²) in [7, 11) is 0. The van der Waals surface area contributed by atoms with Crippen LogP contribution in [0.5, 0.6) is 0 Å². The number of nitrogens with zero attached hydrogens (tertiary/aromatic N) is 1. The third kappa shape index (κ3) is 2.16. The summed E-state index contributed by atoms with van der Waals surface area (Å²) in [6.07, 6.45) is 11.7. The standard InChI is InChI=1S/C21H33NO2/c1-13(22-24)17-6-7-18-16-5-4-14-12-15(23)8-10-20(14,2)19(16)9-11-21(17,18)3/h4,15-19,23-24H,5-12H2,1-3H3/t15?,16-,17+,18-,19-,20-,21+/m0/s1. The molecule has 0 radical (unpaired) electrons. The van der Waals surface area contributed by atoms with Gasteiger partial charge in [0.25, 0.3) is 0 Å². The summed E-state index contributed by atoms with van der Waals surface area (Å²) in [5.41, 5.74) is 3.13. The quantitative estimate of drug-likeness (QED) is 0.314. The smallest absolute Gasteiger partial charge is 0.0577 e. The lowest BCUT2D eigenvalue weighted by Crippen LogP contribution is -2.50. The topological polar surface area (TPSA) is 52.8 Å². The molecule has 4 rings (SSSR count). The average Bonchev–Trinajstić information content (AvgIpc) is 2.92. The lowest BCUT2D eigenvalue weighted by Gasteiger charge is -2.58. The van der Waals surface area contributed by atoms with Crippen molar-refractivity contribution in [3.05, 3.63) is 11.6 Å². The molecule has 0 aromatic carbocycles. The van der Waals surface area contributed by atoms with Gasteiger partial charge in [0.2, 0.25) is 0 Å². The second-order valence-corrected chi connectivity index (χ2v) is 9.57. The predicted molar refractivity (Wildman–Crippen MR) is 96.1 cm³/mol. The molecule has 0 bridgehead atoms. The van der Waals surface area contributed by atoms with Gasteiger partial charge >= 0.3 is 0 Å². The third-order valence-electron chi connectivity index (χ3n) is 8.74. The Morgan fingerprint density at radius 1 is 1.12 bits per heavy atom. The zero-order valence-corrected chi connectivity index (χ0v) is 15.5. The van der Waals surface area contributed by atoms with E-state index in [1.165, 1.54) is 32.1 Å². The Balaban J connectivity index is 1.65. The fourth-order valence-electron chi connectivity index (χ4n) is 7.40. The minimum absolute atomic E-state index is 0.117. The number of oxime groups is 1. The molecule has 2 N–H and O–H groups in total. The molecule has 4 aliphatic rings. The minimum Gasteiger partial charge on any atom is -0.411 e. The number of aliphatic hydroxyl groups excluding tert-OH is 1. The van der Waals surface area contributed by atoms with Crippen molar-refractivity contribution in [3.63, 3.8) is 0 Å². The van der Waals surface area contributed by atoms with E-state index in [9.17, 15) is 10.3 Å². The van der Waals surface area contributed by atoms with E-state index in [2.05, 4.69) is 25.1 Å². The van der Waals surface area contributed by atoms with Gasteiger partial charge in [0.15, 0.2) is 0 Å². The molecular weight excluding hydrogens is 298 g/mol. The van der Waals surface area contributed by atoms with Crippen LogP contribution in [-0.2, 0) is 0 Å². The van der Waals surface area contributed by atoms with Crippen molar-refractivity contribution in [2.24, 2.45) is 39.7 Å². The molecule has 0 amide bonds. The van der Waals surface area contributed by atoms with Crippen LogP contribution in [0.2, 0.25) is 0 Å². The number of aliphatic hydroxyl groups is 1. The van der Waals surface area contributed by atoms with Gasteiger partial charge in [0.05, 0.1) is 11.8 Å². The fourth-order valence-corrected chi connectivity index (χ4v) is 7.40. The summed E-state index contributed by atoms with van der Waals surface area (Å²) in [5.74, 6) is 2.79. The number of fused-ring (bicyclic) bond motifs is 5. The first-order valence-electron chi connectivity index (χ1n) is 9.96. The van der Waals surface area contributed by atoms with Crippen molar-refractivity contribution < 1.29 is 10.3 Å². The molecule has 0 saturated heterocycles. The highest BCUT2D eigenvalue weighted by molar-refractivity contribution is 5.85. The SMILES string of the molecule is CC(=NO)[C@H]1CC[C@H]2[C@@H]3CC=C4CC(O)CC[C@]4(C)[C@H]3CC[C@]12C. The van der Waals surface area contributed by atoms with Gasteiger partial charge in [-0.05, 0) is 86.9 Å². The van der Waals surface area contributed by atoms with E-state index in [0.717, 1.165) is 42.7 Å². The molecule has 0 aliphatic heterocycles. The molecule has 134 valence electrons. The van der Waals surface area contributed by atoms with Gasteiger partial charge in [-0.15, -0.1) is 0 Å². The van der Waals surface area contributed by atoms with Crippen LogP contribution in [0.15, 0.2) is 16.8 Å². The molecule has 0 aromatic rings. The van der Waals surface area contributed by atoms with Gasteiger partial charge in [-0.3, -0.25) is 0 Å². The Morgan fingerprint density at radius 3 is 2.67 bits per heavy atom. The summed E-state index contributed by atoms with van der Waals surface area (Å²) < 4.78 is 0. The molecule has 1 unspecified atom stereocenters. The van der Waals surface area contributed by atoms with Crippen LogP contribution in [0.3, 0.4) is 0 Å². The molecule has 4 aliphatic carbocycles. The Hall–Kier alpha value is -0.830. The van der Waals surface area contributed by atoms with E-state index >= 15 is 0 Å². The minimum atomic E-state index is -0.117. The summed E-state index contributed by atoms with van der Waals surface area (Å²) >= 11 is 0. The summed E-state index contributed by atoms with van der Waals surface area (Å²) in [4.78, 5) is 0. The maximum Gasteiger partial charge on any atom is 0.0577 e. The van der Waals surface area contributed by atoms with Crippen molar-refractivity contribution in [2.45, 2.75) is 78.2 Å². The van der Waals surface area contributed by atoms with Crippen LogP contribution in [0.4, 0.5) is 0 Å². The van der Waals surface area contributed by atoms with E-state index in [1.54, 1.807) is 5.57 Å². The summed E-state index contributed by atoms with van der Waals surface area (Å²) in [6, 6.07) is 0. The van der Waals surface area contributed by atoms with Gasteiger partial charge in [-0.1, -0.05) is 30.7 Å². The molecule has 3 heteroatoms. The van der Waals surface area contributed by atoms with Crippen molar-refractivity contribution in [1.82, 2.24) is 0 Å². The first-order valence-corrected chi connectivity index (χ1v) is 9.96. The monoisotopic (exact) mass is 331 g/mol. The van der Waals surface area contributed by atoms with Gasteiger partial charge in [-0.2, -0.15) is 0 Å². The van der Waals surface area contributed by atoms with Crippen molar-refractivity contribution in [1.29, 1.82) is 0 Å². The second-order valence-electron chi connectivity index (χ2n) is 9.57. The van der Waals surface area contributed by atoms with E-state index in [-0.39, 0.29) is 6.10 Å². The zero-order valence-electron chi connectivity index (χ0n) is 15.5. The van der Waals surface area contributed by atoms with Crippen molar-refractivity contribution in [2.75, 3.05) is 0 Å². The highest BCUT2D eigenvalue weighted by Gasteiger charge is 2.59. The molecule has 0 heterocycles. The average molecular weight is 332 g/mol. The van der Waals surface area contributed by atoms with Crippen molar-refractivity contribution >= 4 is 5.71 Å². The number of hydrogen-bond acceptors (Lipinski definition) is 3. The van der Waals surface area contributed by atoms with Gasteiger partial charge in [0.1, 0.15) is 0 Å². The molecule has 0 spiro atoms. The Labute approximate surface area is 146 Å². The van der Waals surface area contributed by atoms with E-state index in [4.69, 9.17) is 0 Å². The van der Waals surface area contributed by atoms with Crippen LogP contribution in [0.25, 0.3) is 0 Å². The number of hydrogen-bond donors (Lipinski definition) is 2. The van der Waals surface area contributed by atoms with Gasteiger partial charge < -0.3 is 10.3 Å². The second kappa shape index (κ2) is 5.59. The third-order valence-corrected chi connectivity index (χ3v) is 8.74. The van der Waals surface area contributed by atoms with Gasteiger partial charge in [0, 0.05) is 5.92 Å². The number of rotatable bonds is 1. The normalized spacial score (nSPS) is 51.4. The van der Waals surface area contributed by atoms with Crippen LogP contribution in [0, 0.1) is 34.5 Å². The summed E-state index contributed by atoms with van der Waals surface area (Å²) in [6.45, 7) is 6.95. The Bertz CT molecular complexity index is 582. The predicted octanol–water partition coefficient (Wildman–Crippen LogP) is 4.78. The van der Waals surface area contributed by atoms with E-state index in [0.29, 0.717) is 16.7 Å². The van der Waals surface area contributed by atoms with Crippen LogP contribution < -0.4 is 0 Å². The fraction of sp³-hybridized carbons (Fsp3) is 0.857. The molecule has 0 aromatic heterocycles. The zero-order chi connectivity index (χ0) is 17.1. The number of allylic oxidation sites excluding steroid dienone is 1. The van der Waals surface area contributed by atoms with E-state index < -0.39 is 0 Å². The molecule has 24 heavy (non-hydrogen) atoms. The van der Waals surface area contributed by atoms with E-state index in [1.807, 2.05) is 6.92 Å². The first-order chi connectivity index (χ1) is 11.4. The van der Waals surface area contributed by atoms with Crippen LogP contribution in [-0.4, -0.2) is 22.1 Å². The largest absolute Gasteiger partial charge is 0.411 e. The maximum atomic E-state index is 10.1. The van der Waals surface area contributed by atoms with Crippen LogP contribution in [0.1, 0.15) is 72.1 Å². The Morgan fingerprint density at radius 2 is 1.92 bits per heavy atom. The molecule has 7 atom stereocenters. The summed E-state index contributed by atoms with van der Waals surface area (Å²) in [5, 5.41) is 23.0. The Kier molecular flexibility index (Phi) is 3.87. The molecule has 3 nitrogen and oxygen atoms in total. The molecule has 3 fully saturated rings. The lowest BCUT2D eigenvalue weighted by atomic mass is 9.47. The lowest BCUT2D eigenvalue weighted by molar-refractivity contribution is -0.0425.